The van der Waals surface area contributed by atoms with Crippen molar-refractivity contribution in [1.29, 1.82) is 0 Å². The van der Waals surface area contributed by atoms with Gasteiger partial charge in [-0.15, -0.1) is 0 Å². The first kappa shape index (κ1) is 13.0. The summed E-state index contributed by atoms with van der Waals surface area (Å²) in [6.07, 6.45) is 0. The molecule has 0 aliphatic carbocycles. The number of thioether (sulfide) groups is 1. The molecule has 0 radical (unpaired) electrons. The summed E-state index contributed by atoms with van der Waals surface area (Å²) in [4.78, 5) is 0. The van der Waals surface area contributed by atoms with Crippen molar-refractivity contribution < 1.29 is 14.6 Å². The van der Waals surface area contributed by atoms with E-state index in [1.54, 1.807) is 23.9 Å². The second kappa shape index (κ2) is 7.29. The zero-order chi connectivity index (χ0) is 11.8. The molecule has 2 nitrogen and oxygen atoms in total. The Morgan fingerprint density at radius 1 is 1.31 bits per heavy atom. The van der Waals surface area contributed by atoms with Gasteiger partial charge in [0.15, 0.2) is 0 Å². The Morgan fingerprint density at radius 2 is 2.12 bits per heavy atom. The van der Waals surface area contributed by atoms with Crippen LogP contribution in [0, 0.1) is 17.7 Å². The van der Waals surface area contributed by atoms with Gasteiger partial charge in [-0.05, 0) is 17.7 Å². The Hall–Kier alpha value is -1.02. The molecule has 0 saturated heterocycles. The second-order valence-electron chi connectivity index (χ2n) is 3.05. The van der Waals surface area contributed by atoms with Crippen molar-refractivity contribution in [1.82, 2.24) is 0 Å². The summed E-state index contributed by atoms with van der Waals surface area (Å²) in [5.74, 6) is 5.98. The zero-order valence-corrected chi connectivity index (χ0v) is 9.56. The average Bonchev–Trinajstić information content (AvgIpc) is 2.30. The van der Waals surface area contributed by atoms with Gasteiger partial charge in [0.25, 0.3) is 0 Å². The maximum Gasteiger partial charge on any atom is 0.138 e. The summed E-state index contributed by atoms with van der Waals surface area (Å²) in [7, 11) is 0. The minimum absolute atomic E-state index is 0.142. The van der Waals surface area contributed by atoms with Gasteiger partial charge in [0, 0.05) is 11.5 Å². The van der Waals surface area contributed by atoms with Crippen molar-refractivity contribution in [2.75, 3.05) is 19.0 Å². The third-order valence-corrected chi connectivity index (χ3v) is 2.85. The van der Waals surface area contributed by atoms with Gasteiger partial charge in [-0.25, -0.2) is 4.39 Å². The molecule has 86 valence electrons. The van der Waals surface area contributed by atoms with Crippen LogP contribution in [0.4, 0.5) is 4.39 Å². The fraction of sp³-hybridized carbons (Fsp3) is 0.333. The van der Waals surface area contributed by atoms with Crippen LogP contribution in [-0.4, -0.2) is 29.2 Å². The molecule has 0 heterocycles. The lowest BCUT2D eigenvalue weighted by molar-refractivity contribution is 0.322. The third-order valence-electron chi connectivity index (χ3n) is 1.84. The molecular formula is C12H13FO2S. The Morgan fingerprint density at radius 3 is 2.81 bits per heavy atom. The van der Waals surface area contributed by atoms with Gasteiger partial charge >= 0.3 is 0 Å². The molecule has 0 atom stereocenters. The number of benzene rings is 1. The molecule has 16 heavy (non-hydrogen) atoms. The van der Waals surface area contributed by atoms with Crippen molar-refractivity contribution in [2.45, 2.75) is 5.75 Å². The number of aliphatic hydroxyl groups excluding tert-OH is 2. The fourth-order valence-corrected chi connectivity index (χ4v) is 1.84. The van der Waals surface area contributed by atoms with Crippen LogP contribution in [0.25, 0.3) is 0 Å². The van der Waals surface area contributed by atoms with Crippen LogP contribution < -0.4 is 0 Å². The quantitative estimate of drug-likeness (QED) is 0.617. The number of rotatable bonds is 4. The summed E-state index contributed by atoms with van der Waals surface area (Å²) < 4.78 is 13.3. The molecule has 0 saturated carbocycles. The van der Waals surface area contributed by atoms with Gasteiger partial charge in [-0.2, -0.15) is 11.8 Å². The number of aliphatic hydroxyl groups is 2. The molecule has 0 aromatic heterocycles. The van der Waals surface area contributed by atoms with E-state index in [2.05, 4.69) is 11.8 Å². The largest absolute Gasteiger partial charge is 0.396 e. The van der Waals surface area contributed by atoms with Crippen molar-refractivity contribution in [3.8, 4) is 11.8 Å². The van der Waals surface area contributed by atoms with Gasteiger partial charge in [0.2, 0.25) is 0 Å². The standard InChI is InChI=1S/C12H13FO2S/c13-12-4-3-10(9-16-7-6-15)8-11(12)2-1-5-14/h3-4,8,14-15H,5-7,9H2. The topological polar surface area (TPSA) is 40.5 Å². The second-order valence-corrected chi connectivity index (χ2v) is 4.16. The molecule has 0 aliphatic heterocycles. The van der Waals surface area contributed by atoms with Crippen molar-refractivity contribution >= 4 is 11.8 Å². The Balaban J connectivity index is 2.73. The number of halogens is 1. The summed E-state index contributed by atoms with van der Waals surface area (Å²) >= 11 is 1.57. The average molecular weight is 240 g/mol. The van der Waals surface area contributed by atoms with Crippen LogP contribution in [0.15, 0.2) is 18.2 Å². The Labute approximate surface area is 98.5 Å². The van der Waals surface area contributed by atoms with E-state index in [-0.39, 0.29) is 19.0 Å². The Bertz CT molecular complexity index is 396. The van der Waals surface area contributed by atoms with Crippen molar-refractivity contribution in [3.05, 3.63) is 35.1 Å². The van der Waals surface area contributed by atoms with Crippen LogP contribution >= 0.6 is 11.8 Å². The maximum atomic E-state index is 13.3. The van der Waals surface area contributed by atoms with Crippen molar-refractivity contribution in [3.63, 3.8) is 0 Å². The third kappa shape index (κ3) is 4.23. The van der Waals surface area contributed by atoms with E-state index < -0.39 is 0 Å². The van der Waals surface area contributed by atoms with Crippen LogP contribution in [-0.2, 0) is 5.75 Å². The molecule has 0 amide bonds. The van der Waals surface area contributed by atoms with Gasteiger partial charge in [0.05, 0.1) is 12.2 Å². The van der Waals surface area contributed by atoms with Crippen LogP contribution in [0.5, 0.6) is 0 Å². The number of hydrogen-bond acceptors (Lipinski definition) is 3. The highest BCUT2D eigenvalue weighted by atomic mass is 32.2. The molecule has 1 aromatic rings. The van der Waals surface area contributed by atoms with Crippen LogP contribution in [0.3, 0.4) is 0 Å². The van der Waals surface area contributed by atoms with E-state index in [0.29, 0.717) is 17.1 Å². The molecule has 2 N–H and O–H groups in total. The van der Waals surface area contributed by atoms with E-state index >= 15 is 0 Å². The molecule has 1 aromatic carbocycles. The predicted octanol–water partition coefficient (Wildman–Crippen LogP) is 1.39. The normalized spacial score (nSPS) is 9.69. The van der Waals surface area contributed by atoms with Crippen molar-refractivity contribution in [2.24, 2.45) is 0 Å². The molecule has 0 bridgehead atoms. The summed E-state index contributed by atoms with van der Waals surface area (Å²) in [6, 6.07) is 4.74. The molecule has 0 unspecified atom stereocenters. The fourth-order valence-electron chi connectivity index (χ4n) is 1.15. The van der Waals surface area contributed by atoms with Gasteiger partial charge in [0.1, 0.15) is 12.4 Å². The lowest BCUT2D eigenvalue weighted by Gasteiger charge is -2.02. The predicted molar refractivity (Wildman–Crippen MR) is 63.6 cm³/mol. The molecule has 4 heteroatoms. The molecule has 0 fully saturated rings. The lowest BCUT2D eigenvalue weighted by Crippen LogP contribution is -1.91. The first-order valence-electron chi connectivity index (χ1n) is 4.84. The molecule has 1 rings (SSSR count). The minimum atomic E-state index is -0.378. The Kier molecular flexibility index (Phi) is 5.94. The summed E-state index contributed by atoms with van der Waals surface area (Å²) in [6.45, 7) is -0.133. The first-order valence-corrected chi connectivity index (χ1v) is 6.00. The summed E-state index contributed by atoms with van der Waals surface area (Å²) in [5.41, 5.74) is 1.26. The summed E-state index contributed by atoms with van der Waals surface area (Å²) in [5, 5.41) is 17.2. The molecular weight excluding hydrogens is 227 g/mol. The smallest absolute Gasteiger partial charge is 0.138 e. The maximum absolute atomic E-state index is 13.3. The zero-order valence-electron chi connectivity index (χ0n) is 8.74. The van der Waals surface area contributed by atoms with E-state index in [1.165, 1.54) is 6.07 Å². The molecule has 0 spiro atoms. The van der Waals surface area contributed by atoms with Gasteiger partial charge < -0.3 is 10.2 Å². The number of hydrogen-bond donors (Lipinski definition) is 2. The minimum Gasteiger partial charge on any atom is -0.396 e. The van der Waals surface area contributed by atoms with E-state index in [9.17, 15) is 4.39 Å². The van der Waals surface area contributed by atoms with E-state index in [1.807, 2.05) is 0 Å². The van der Waals surface area contributed by atoms with Gasteiger partial charge in [-0.1, -0.05) is 17.9 Å². The monoisotopic (exact) mass is 240 g/mol. The first-order chi connectivity index (χ1) is 7.77. The lowest BCUT2D eigenvalue weighted by atomic mass is 10.1. The van der Waals surface area contributed by atoms with Crippen LogP contribution in [0.1, 0.15) is 11.1 Å². The molecule has 0 aliphatic rings. The van der Waals surface area contributed by atoms with E-state index in [4.69, 9.17) is 10.2 Å². The highest BCUT2D eigenvalue weighted by Gasteiger charge is 2.01. The van der Waals surface area contributed by atoms with Gasteiger partial charge in [-0.3, -0.25) is 0 Å². The highest BCUT2D eigenvalue weighted by Crippen LogP contribution is 2.15. The van der Waals surface area contributed by atoms with E-state index in [0.717, 1.165) is 5.56 Å². The highest BCUT2D eigenvalue weighted by molar-refractivity contribution is 7.98. The SMILES string of the molecule is OCC#Cc1cc(CSCCO)ccc1F. The van der Waals surface area contributed by atoms with Crippen LogP contribution in [0.2, 0.25) is 0 Å².